The average molecular weight is 183 g/mol. The lowest BCUT2D eigenvalue weighted by molar-refractivity contribution is 0.704. The minimum absolute atomic E-state index is 0.793. The third-order valence-electron chi connectivity index (χ3n) is 1.49. The van der Waals surface area contributed by atoms with Gasteiger partial charge >= 0.3 is 0 Å². The lowest BCUT2D eigenvalue weighted by Gasteiger charge is -2.02. The summed E-state index contributed by atoms with van der Waals surface area (Å²) in [6.45, 7) is 8.54. The molecule has 0 amide bonds. The first-order valence-electron chi connectivity index (χ1n) is 3.93. The van der Waals surface area contributed by atoms with Crippen LogP contribution in [0, 0.1) is 6.92 Å². The molecule has 12 heavy (non-hydrogen) atoms. The first-order valence-corrected chi connectivity index (χ1v) is 4.91. The first-order chi connectivity index (χ1) is 5.79. The Hall–Kier alpha value is -0.770. The molecule has 0 N–H and O–H groups in total. The predicted octanol–water partition coefficient (Wildman–Crippen LogP) is 1.88. The molecule has 1 aromatic heterocycles. The number of nitrogens with zero attached hydrogens (tertiary/aromatic N) is 3. The molecule has 0 aromatic carbocycles. The molecule has 0 spiro atoms. The van der Waals surface area contributed by atoms with Crippen LogP contribution in [-0.2, 0) is 6.54 Å². The van der Waals surface area contributed by atoms with Crippen LogP contribution in [0.2, 0.25) is 0 Å². The van der Waals surface area contributed by atoms with E-state index in [0.717, 1.165) is 23.3 Å². The minimum atomic E-state index is 0.793. The van der Waals surface area contributed by atoms with E-state index < -0.39 is 0 Å². The quantitative estimate of drug-likeness (QED) is 0.527. The number of thioether (sulfide) groups is 1. The van der Waals surface area contributed by atoms with E-state index in [1.165, 1.54) is 0 Å². The molecule has 0 radical (unpaired) electrons. The SMILES string of the molecule is C=CCn1c(C)nnc1SCC. The van der Waals surface area contributed by atoms with Gasteiger partial charge in [-0.3, -0.25) is 0 Å². The van der Waals surface area contributed by atoms with Crippen LogP contribution in [-0.4, -0.2) is 20.5 Å². The largest absolute Gasteiger partial charge is 0.302 e. The molecular formula is C8H13N3S. The van der Waals surface area contributed by atoms with Crippen LogP contribution in [0.5, 0.6) is 0 Å². The molecule has 0 unspecified atom stereocenters. The molecule has 1 heterocycles. The Morgan fingerprint density at radius 3 is 2.92 bits per heavy atom. The monoisotopic (exact) mass is 183 g/mol. The maximum atomic E-state index is 4.05. The topological polar surface area (TPSA) is 30.7 Å². The predicted molar refractivity (Wildman–Crippen MR) is 51.4 cm³/mol. The molecule has 0 bridgehead atoms. The summed E-state index contributed by atoms with van der Waals surface area (Å²) in [6, 6.07) is 0. The number of hydrogen-bond donors (Lipinski definition) is 0. The van der Waals surface area contributed by atoms with Gasteiger partial charge in [-0.15, -0.1) is 16.8 Å². The van der Waals surface area contributed by atoms with Gasteiger partial charge in [0.2, 0.25) is 0 Å². The van der Waals surface area contributed by atoms with E-state index >= 15 is 0 Å². The molecule has 3 nitrogen and oxygen atoms in total. The summed E-state index contributed by atoms with van der Waals surface area (Å²) >= 11 is 1.70. The van der Waals surface area contributed by atoms with E-state index in [-0.39, 0.29) is 0 Å². The molecule has 0 atom stereocenters. The second-order valence-electron chi connectivity index (χ2n) is 2.36. The maximum absolute atomic E-state index is 4.05. The van der Waals surface area contributed by atoms with E-state index in [2.05, 4.69) is 28.3 Å². The molecule has 0 aliphatic rings. The van der Waals surface area contributed by atoms with Crippen molar-refractivity contribution in [2.75, 3.05) is 5.75 Å². The van der Waals surface area contributed by atoms with Gasteiger partial charge < -0.3 is 4.57 Å². The molecule has 0 saturated heterocycles. The molecule has 0 fully saturated rings. The zero-order valence-corrected chi connectivity index (χ0v) is 8.27. The zero-order valence-electron chi connectivity index (χ0n) is 7.45. The van der Waals surface area contributed by atoms with E-state index in [9.17, 15) is 0 Å². The summed E-state index contributed by atoms with van der Waals surface area (Å²) in [5.74, 6) is 1.97. The number of aryl methyl sites for hydroxylation is 1. The lowest BCUT2D eigenvalue weighted by Crippen LogP contribution is -1.99. The lowest BCUT2D eigenvalue weighted by atomic mass is 10.6. The molecule has 0 aliphatic heterocycles. The summed E-state index contributed by atoms with van der Waals surface area (Å²) < 4.78 is 2.06. The van der Waals surface area contributed by atoms with Crippen molar-refractivity contribution in [2.45, 2.75) is 25.5 Å². The summed E-state index contributed by atoms with van der Waals surface area (Å²) in [5, 5.41) is 9.03. The Morgan fingerprint density at radius 1 is 1.58 bits per heavy atom. The summed E-state index contributed by atoms with van der Waals surface area (Å²) in [7, 11) is 0. The number of hydrogen-bond acceptors (Lipinski definition) is 3. The Kier molecular flexibility index (Phi) is 3.34. The minimum Gasteiger partial charge on any atom is -0.302 e. The number of rotatable bonds is 4. The Balaban J connectivity index is 2.86. The fourth-order valence-corrected chi connectivity index (χ4v) is 1.66. The molecule has 66 valence electrons. The van der Waals surface area contributed by atoms with Gasteiger partial charge in [0.15, 0.2) is 5.16 Å². The van der Waals surface area contributed by atoms with Gasteiger partial charge in [-0.1, -0.05) is 24.8 Å². The van der Waals surface area contributed by atoms with Gasteiger partial charge in [0, 0.05) is 6.54 Å². The Labute approximate surface area is 76.9 Å². The normalized spacial score (nSPS) is 10.2. The molecule has 4 heteroatoms. The van der Waals surface area contributed by atoms with Crippen molar-refractivity contribution in [1.82, 2.24) is 14.8 Å². The van der Waals surface area contributed by atoms with Crippen molar-refractivity contribution in [2.24, 2.45) is 0 Å². The third kappa shape index (κ3) is 1.88. The fraction of sp³-hybridized carbons (Fsp3) is 0.500. The number of aromatic nitrogens is 3. The van der Waals surface area contributed by atoms with Crippen LogP contribution in [0.1, 0.15) is 12.7 Å². The van der Waals surface area contributed by atoms with Gasteiger partial charge in [-0.25, -0.2) is 0 Å². The molecule has 0 aliphatic carbocycles. The fourth-order valence-electron chi connectivity index (χ4n) is 0.937. The second-order valence-corrected chi connectivity index (χ2v) is 3.59. The zero-order chi connectivity index (χ0) is 8.97. The highest BCUT2D eigenvalue weighted by molar-refractivity contribution is 7.99. The highest BCUT2D eigenvalue weighted by Gasteiger charge is 2.05. The molecule has 1 aromatic rings. The van der Waals surface area contributed by atoms with Crippen LogP contribution >= 0.6 is 11.8 Å². The van der Waals surface area contributed by atoms with E-state index in [1.54, 1.807) is 11.8 Å². The van der Waals surface area contributed by atoms with Gasteiger partial charge in [0.1, 0.15) is 5.82 Å². The molecular weight excluding hydrogens is 170 g/mol. The van der Waals surface area contributed by atoms with E-state index in [4.69, 9.17) is 0 Å². The van der Waals surface area contributed by atoms with Gasteiger partial charge in [-0.2, -0.15) is 0 Å². The van der Waals surface area contributed by atoms with Crippen molar-refractivity contribution >= 4 is 11.8 Å². The van der Waals surface area contributed by atoms with Gasteiger partial charge in [-0.05, 0) is 12.7 Å². The number of allylic oxidation sites excluding steroid dienone is 1. The smallest absolute Gasteiger partial charge is 0.191 e. The Morgan fingerprint density at radius 2 is 2.33 bits per heavy atom. The van der Waals surface area contributed by atoms with E-state index in [0.29, 0.717) is 0 Å². The van der Waals surface area contributed by atoms with Crippen LogP contribution in [0.4, 0.5) is 0 Å². The van der Waals surface area contributed by atoms with Crippen molar-refractivity contribution in [1.29, 1.82) is 0 Å². The van der Waals surface area contributed by atoms with Crippen molar-refractivity contribution in [3.05, 3.63) is 18.5 Å². The second kappa shape index (κ2) is 4.30. The van der Waals surface area contributed by atoms with Crippen LogP contribution in [0.15, 0.2) is 17.8 Å². The molecule has 1 rings (SSSR count). The highest BCUT2D eigenvalue weighted by Crippen LogP contribution is 2.15. The standard InChI is InChI=1S/C8H13N3S/c1-4-6-11-7(3)9-10-8(11)12-5-2/h4H,1,5-6H2,2-3H3. The molecule has 0 saturated carbocycles. The van der Waals surface area contributed by atoms with Crippen molar-refractivity contribution in [3.63, 3.8) is 0 Å². The van der Waals surface area contributed by atoms with Crippen molar-refractivity contribution in [3.8, 4) is 0 Å². The average Bonchev–Trinajstić information content (AvgIpc) is 2.37. The summed E-state index contributed by atoms with van der Waals surface area (Å²) in [6.07, 6.45) is 1.86. The highest BCUT2D eigenvalue weighted by atomic mass is 32.2. The third-order valence-corrected chi connectivity index (χ3v) is 2.34. The maximum Gasteiger partial charge on any atom is 0.191 e. The van der Waals surface area contributed by atoms with E-state index in [1.807, 2.05) is 13.0 Å². The summed E-state index contributed by atoms with van der Waals surface area (Å²) in [5.41, 5.74) is 0. The Bertz CT molecular complexity index is 267. The van der Waals surface area contributed by atoms with Crippen LogP contribution < -0.4 is 0 Å². The van der Waals surface area contributed by atoms with Gasteiger partial charge in [0.05, 0.1) is 0 Å². The van der Waals surface area contributed by atoms with Crippen LogP contribution in [0.3, 0.4) is 0 Å². The van der Waals surface area contributed by atoms with Gasteiger partial charge in [0.25, 0.3) is 0 Å². The van der Waals surface area contributed by atoms with Crippen LogP contribution in [0.25, 0.3) is 0 Å². The first kappa shape index (κ1) is 9.32. The van der Waals surface area contributed by atoms with Crippen molar-refractivity contribution < 1.29 is 0 Å². The summed E-state index contributed by atoms with van der Waals surface area (Å²) in [4.78, 5) is 0.